The van der Waals surface area contributed by atoms with Crippen molar-refractivity contribution in [3.05, 3.63) is 76.9 Å². The Labute approximate surface area is 221 Å². The second-order valence-corrected chi connectivity index (χ2v) is 10.5. The van der Waals surface area contributed by atoms with E-state index < -0.39 is 40.6 Å². The number of aryl methyl sites for hydroxylation is 1. The molecule has 1 aliphatic carbocycles. The third-order valence-electron chi connectivity index (χ3n) is 6.57. The molecule has 3 aromatic rings. The third kappa shape index (κ3) is 6.38. The van der Waals surface area contributed by atoms with Gasteiger partial charge in [-0.15, -0.1) is 0 Å². The molecule has 4 rings (SSSR count). The normalized spacial score (nSPS) is 14.6. The Morgan fingerprint density at radius 2 is 1.95 bits per heavy atom. The molecule has 1 aliphatic rings. The van der Waals surface area contributed by atoms with Crippen molar-refractivity contribution < 1.29 is 22.9 Å². The summed E-state index contributed by atoms with van der Waals surface area (Å²) in [5.74, 6) is -2.77. The molecule has 1 amide bonds. The summed E-state index contributed by atoms with van der Waals surface area (Å²) in [5, 5.41) is 19.2. The lowest BCUT2D eigenvalue weighted by atomic mass is 9.87. The van der Waals surface area contributed by atoms with Gasteiger partial charge in [0.2, 0.25) is 5.91 Å². The Kier molecular flexibility index (Phi) is 8.76. The van der Waals surface area contributed by atoms with Gasteiger partial charge in [-0.25, -0.2) is 17.7 Å². The minimum absolute atomic E-state index is 0.00128. The Hall–Kier alpha value is -3.75. The molecule has 1 atom stereocenters. The number of halogens is 2. The number of rotatable bonds is 8. The Bertz CT molecular complexity index is 1390. The Balaban J connectivity index is 1.51. The number of nitrogens with zero attached hydrogens (tertiary/aromatic N) is 4. The highest BCUT2D eigenvalue weighted by Crippen LogP contribution is 2.31. The highest BCUT2D eigenvalue weighted by atomic mass is 32.2. The van der Waals surface area contributed by atoms with Gasteiger partial charge in [-0.3, -0.25) is 14.8 Å². The van der Waals surface area contributed by atoms with Crippen LogP contribution in [0.4, 0.5) is 14.5 Å². The number of hydrogen-bond donors (Lipinski definition) is 2. The summed E-state index contributed by atoms with van der Waals surface area (Å²) in [6.45, 7) is 1.33. The van der Waals surface area contributed by atoms with Crippen molar-refractivity contribution in [2.45, 2.75) is 56.4 Å². The third-order valence-corrected chi connectivity index (χ3v) is 7.64. The quantitative estimate of drug-likeness (QED) is 0.434. The van der Waals surface area contributed by atoms with Gasteiger partial charge in [0.05, 0.1) is 41.1 Å². The average molecular weight is 540 g/mol. The maximum absolute atomic E-state index is 13.8. The number of nitriles is 1. The first-order valence-electron chi connectivity index (χ1n) is 12.2. The van der Waals surface area contributed by atoms with Gasteiger partial charge in [0.1, 0.15) is 22.8 Å². The van der Waals surface area contributed by atoms with Gasteiger partial charge in [-0.05, 0) is 43.5 Å². The SMILES string of the molecule is Cc1ccc(N(Cc2cnc(C3CCCCC3)cn2)C(=O)CNS(=O)c2cc(F)c(F)c(C#N)c2)cc1O. The van der Waals surface area contributed by atoms with Crippen molar-refractivity contribution in [1.82, 2.24) is 14.7 Å². The number of carbonyl (C=O) groups excluding carboxylic acids is 1. The van der Waals surface area contributed by atoms with Crippen LogP contribution in [0.5, 0.6) is 5.75 Å². The molecule has 1 heterocycles. The van der Waals surface area contributed by atoms with Crippen LogP contribution in [0.2, 0.25) is 0 Å². The van der Waals surface area contributed by atoms with E-state index in [0.29, 0.717) is 28.9 Å². The second-order valence-electron chi connectivity index (χ2n) is 9.19. The van der Waals surface area contributed by atoms with Crippen LogP contribution in [0.1, 0.15) is 60.5 Å². The number of aromatic nitrogens is 2. The summed E-state index contributed by atoms with van der Waals surface area (Å²) < 4.78 is 42.6. The van der Waals surface area contributed by atoms with E-state index >= 15 is 0 Å². The van der Waals surface area contributed by atoms with Crippen LogP contribution < -0.4 is 9.62 Å². The average Bonchev–Trinajstić information content (AvgIpc) is 2.94. The van der Waals surface area contributed by atoms with Crippen molar-refractivity contribution >= 4 is 22.6 Å². The lowest BCUT2D eigenvalue weighted by Crippen LogP contribution is -2.38. The number of hydrogen-bond acceptors (Lipinski definition) is 6. The van der Waals surface area contributed by atoms with E-state index in [1.54, 1.807) is 31.5 Å². The fourth-order valence-corrected chi connectivity index (χ4v) is 5.22. The Morgan fingerprint density at radius 1 is 1.18 bits per heavy atom. The highest BCUT2D eigenvalue weighted by molar-refractivity contribution is 7.83. The molecule has 0 spiro atoms. The summed E-state index contributed by atoms with van der Waals surface area (Å²) in [6.07, 6.45) is 9.11. The molecule has 2 aromatic carbocycles. The summed E-state index contributed by atoms with van der Waals surface area (Å²) in [4.78, 5) is 23.5. The molecule has 1 unspecified atom stereocenters. The number of nitrogens with one attached hydrogen (secondary N) is 1. The largest absolute Gasteiger partial charge is 0.508 e. The standard InChI is InChI=1S/C27H27F2N5O3S/c1-17-7-8-21(10-25(17)35)34(16-20-13-32-24(14-31-20)18-5-3-2-4-6-18)26(36)15-33-38(37)22-9-19(12-30)27(29)23(28)11-22/h7-11,13-14,18,33,35H,2-6,15-16H2,1H3. The molecule has 1 saturated carbocycles. The number of phenolic OH excluding ortho intramolecular Hbond substituents is 1. The first kappa shape index (κ1) is 27.3. The fraction of sp³-hybridized carbons (Fsp3) is 0.333. The van der Waals surface area contributed by atoms with Crippen molar-refractivity contribution in [3.8, 4) is 11.8 Å². The first-order valence-corrected chi connectivity index (χ1v) is 13.4. The topological polar surface area (TPSA) is 119 Å². The number of amides is 1. The van der Waals surface area contributed by atoms with E-state index in [4.69, 9.17) is 5.26 Å². The number of carbonyl (C=O) groups is 1. The van der Waals surface area contributed by atoms with E-state index in [2.05, 4.69) is 14.7 Å². The van der Waals surface area contributed by atoms with Crippen LogP contribution in [0.3, 0.4) is 0 Å². The summed E-state index contributed by atoms with van der Waals surface area (Å²) in [6, 6.07) is 7.97. The van der Waals surface area contributed by atoms with Gasteiger partial charge in [0, 0.05) is 23.9 Å². The maximum Gasteiger partial charge on any atom is 0.242 e. The molecule has 1 fully saturated rings. The monoisotopic (exact) mass is 539 g/mol. The molecule has 0 bridgehead atoms. The van der Waals surface area contributed by atoms with E-state index in [9.17, 15) is 22.9 Å². The van der Waals surface area contributed by atoms with Crippen LogP contribution in [0.15, 0.2) is 47.6 Å². The van der Waals surface area contributed by atoms with Gasteiger partial charge < -0.3 is 10.0 Å². The molecule has 11 heteroatoms. The number of benzene rings is 2. The van der Waals surface area contributed by atoms with E-state index in [1.807, 2.05) is 0 Å². The van der Waals surface area contributed by atoms with Gasteiger partial charge in [-0.1, -0.05) is 25.3 Å². The highest BCUT2D eigenvalue weighted by Gasteiger charge is 2.22. The van der Waals surface area contributed by atoms with Crippen LogP contribution >= 0.6 is 0 Å². The summed E-state index contributed by atoms with van der Waals surface area (Å²) in [7, 11) is -2.10. The van der Waals surface area contributed by atoms with Gasteiger partial charge in [0.15, 0.2) is 11.6 Å². The first-order chi connectivity index (χ1) is 18.3. The molecular formula is C27H27F2N5O3S. The van der Waals surface area contributed by atoms with Gasteiger partial charge in [-0.2, -0.15) is 5.26 Å². The zero-order chi connectivity index (χ0) is 27.2. The Morgan fingerprint density at radius 3 is 2.61 bits per heavy atom. The van der Waals surface area contributed by atoms with Crippen LogP contribution in [0, 0.1) is 29.9 Å². The van der Waals surface area contributed by atoms with Crippen molar-refractivity contribution in [3.63, 3.8) is 0 Å². The van der Waals surface area contributed by atoms with Crippen LogP contribution in [-0.2, 0) is 22.3 Å². The van der Waals surface area contributed by atoms with Crippen molar-refractivity contribution in [2.75, 3.05) is 11.4 Å². The minimum atomic E-state index is -2.10. The number of phenols is 1. The lowest BCUT2D eigenvalue weighted by molar-refractivity contribution is -0.117. The summed E-state index contributed by atoms with van der Waals surface area (Å²) in [5.41, 5.74) is 1.89. The van der Waals surface area contributed by atoms with Crippen molar-refractivity contribution in [1.29, 1.82) is 5.26 Å². The summed E-state index contributed by atoms with van der Waals surface area (Å²) >= 11 is 0. The molecule has 8 nitrogen and oxygen atoms in total. The minimum Gasteiger partial charge on any atom is -0.508 e. The maximum atomic E-state index is 13.8. The van der Waals surface area contributed by atoms with Crippen LogP contribution in [-0.4, -0.2) is 31.7 Å². The van der Waals surface area contributed by atoms with Crippen LogP contribution in [0.25, 0.3) is 0 Å². The molecule has 38 heavy (non-hydrogen) atoms. The van der Waals surface area contributed by atoms with Crippen molar-refractivity contribution in [2.24, 2.45) is 0 Å². The van der Waals surface area contributed by atoms with E-state index in [1.165, 1.54) is 36.3 Å². The zero-order valence-electron chi connectivity index (χ0n) is 20.8. The number of anilines is 1. The zero-order valence-corrected chi connectivity index (χ0v) is 21.6. The molecule has 1 aromatic heterocycles. The smallest absolute Gasteiger partial charge is 0.242 e. The van der Waals surface area contributed by atoms with Gasteiger partial charge in [0.25, 0.3) is 0 Å². The van der Waals surface area contributed by atoms with E-state index in [-0.39, 0.29) is 17.2 Å². The number of aromatic hydroxyl groups is 1. The molecule has 198 valence electrons. The molecule has 2 N–H and O–H groups in total. The molecule has 0 aliphatic heterocycles. The predicted octanol–water partition coefficient (Wildman–Crippen LogP) is 4.53. The van der Waals surface area contributed by atoms with Gasteiger partial charge >= 0.3 is 0 Å². The second kappa shape index (κ2) is 12.2. The fourth-order valence-electron chi connectivity index (χ4n) is 4.37. The molecular weight excluding hydrogens is 512 g/mol. The molecule has 0 radical (unpaired) electrons. The predicted molar refractivity (Wildman–Crippen MR) is 137 cm³/mol. The lowest BCUT2D eigenvalue weighted by Gasteiger charge is -2.24. The van der Waals surface area contributed by atoms with E-state index in [0.717, 1.165) is 24.6 Å². The molecule has 0 saturated heterocycles.